The Balaban J connectivity index is 2.18. The molecule has 4 nitrogen and oxygen atoms in total. The lowest BCUT2D eigenvalue weighted by molar-refractivity contribution is 0.0157. The first-order chi connectivity index (χ1) is 9.04. The van der Waals surface area contributed by atoms with Crippen LogP contribution in [-0.2, 0) is 4.74 Å². The molecule has 0 aliphatic carbocycles. The van der Waals surface area contributed by atoms with Crippen molar-refractivity contribution in [3.8, 4) is 0 Å². The summed E-state index contributed by atoms with van der Waals surface area (Å²) < 4.78 is 31.9. The quantitative estimate of drug-likeness (QED) is 0.772. The average Bonchev–Trinajstić information content (AvgIpc) is 2.41. The number of piperidine rings is 1. The van der Waals surface area contributed by atoms with Gasteiger partial charge in [-0.1, -0.05) is 0 Å². The standard InChI is InChI=1S/C13H16F2N2O2/c1-8-7-9(19-2)4-6-17(8)13(18)10-3-5-16-12(15)11(10)14/h3,5,8-9H,4,6-7H2,1-2H3. The topological polar surface area (TPSA) is 42.4 Å². The first-order valence-corrected chi connectivity index (χ1v) is 6.18. The summed E-state index contributed by atoms with van der Waals surface area (Å²) >= 11 is 0. The maximum atomic E-state index is 13.6. The van der Waals surface area contributed by atoms with E-state index in [0.29, 0.717) is 19.4 Å². The Morgan fingerprint density at radius 2 is 2.26 bits per heavy atom. The molecule has 1 saturated heterocycles. The third kappa shape index (κ3) is 2.73. The van der Waals surface area contributed by atoms with Crippen molar-refractivity contribution in [3.05, 3.63) is 29.6 Å². The highest BCUT2D eigenvalue weighted by molar-refractivity contribution is 5.94. The van der Waals surface area contributed by atoms with Crippen LogP contribution < -0.4 is 0 Å². The number of likely N-dealkylation sites (tertiary alicyclic amines) is 1. The highest BCUT2D eigenvalue weighted by atomic mass is 19.2. The van der Waals surface area contributed by atoms with Gasteiger partial charge >= 0.3 is 0 Å². The van der Waals surface area contributed by atoms with Gasteiger partial charge in [0.1, 0.15) is 0 Å². The minimum absolute atomic E-state index is 0.0678. The van der Waals surface area contributed by atoms with Crippen LogP contribution in [0.2, 0.25) is 0 Å². The molecule has 0 aromatic carbocycles. The molecule has 1 amide bonds. The maximum absolute atomic E-state index is 13.6. The van der Waals surface area contributed by atoms with Gasteiger partial charge in [-0.05, 0) is 25.8 Å². The number of hydrogen-bond donors (Lipinski definition) is 0. The molecule has 2 unspecified atom stereocenters. The van der Waals surface area contributed by atoms with Crippen LogP contribution in [0.15, 0.2) is 12.3 Å². The molecule has 19 heavy (non-hydrogen) atoms. The summed E-state index contributed by atoms with van der Waals surface area (Å²) in [5.41, 5.74) is -0.268. The molecule has 1 aromatic rings. The van der Waals surface area contributed by atoms with Gasteiger partial charge in [-0.2, -0.15) is 4.39 Å². The van der Waals surface area contributed by atoms with E-state index in [1.807, 2.05) is 6.92 Å². The smallest absolute Gasteiger partial charge is 0.257 e. The lowest BCUT2D eigenvalue weighted by Crippen LogP contribution is -2.46. The van der Waals surface area contributed by atoms with Gasteiger partial charge in [0.15, 0.2) is 5.82 Å². The number of halogens is 2. The van der Waals surface area contributed by atoms with E-state index in [-0.39, 0.29) is 17.7 Å². The molecule has 6 heteroatoms. The number of amides is 1. The van der Waals surface area contributed by atoms with Gasteiger partial charge in [0.2, 0.25) is 5.95 Å². The van der Waals surface area contributed by atoms with Gasteiger partial charge in [0, 0.05) is 25.9 Å². The van der Waals surface area contributed by atoms with Crippen LogP contribution in [0.1, 0.15) is 30.1 Å². The predicted octanol–water partition coefficient (Wildman–Crippen LogP) is 2.00. The van der Waals surface area contributed by atoms with E-state index in [2.05, 4.69) is 4.98 Å². The summed E-state index contributed by atoms with van der Waals surface area (Å²) in [4.78, 5) is 17.0. The molecule has 0 N–H and O–H groups in total. The molecule has 1 aromatic heterocycles. The number of pyridine rings is 1. The Bertz CT molecular complexity index is 482. The van der Waals surface area contributed by atoms with Crippen LogP contribution >= 0.6 is 0 Å². The molecular weight excluding hydrogens is 254 g/mol. The maximum Gasteiger partial charge on any atom is 0.257 e. The monoisotopic (exact) mass is 270 g/mol. The second kappa shape index (κ2) is 5.61. The molecule has 1 fully saturated rings. The Kier molecular flexibility index (Phi) is 4.09. The van der Waals surface area contributed by atoms with E-state index >= 15 is 0 Å². The number of carbonyl (C=O) groups is 1. The van der Waals surface area contributed by atoms with Crippen LogP contribution in [0.5, 0.6) is 0 Å². The minimum atomic E-state index is -1.25. The Hall–Kier alpha value is -1.56. The molecule has 0 spiro atoms. The minimum Gasteiger partial charge on any atom is -0.381 e. The molecule has 2 heterocycles. The van der Waals surface area contributed by atoms with Crippen molar-refractivity contribution in [2.45, 2.75) is 31.9 Å². The second-order valence-electron chi connectivity index (χ2n) is 4.69. The summed E-state index contributed by atoms with van der Waals surface area (Å²) in [5.74, 6) is -2.93. The molecule has 0 bridgehead atoms. The summed E-state index contributed by atoms with van der Waals surface area (Å²) in [6.07, 6.45) is 2.59. The Morgan fingerprint density at radius 1 is 1.53 bits per heavy atom. The molecule has 1 aliphatic rings. The van der Waals surface area contributed by atoms with Crippen molar-refractivity contribution in [2.24, 2.45) is 0 Å². The lowest BCUT2D eigenvalue weighted by Gasteiger charge is -2.37. The van der Waals surface area contributed by atoms with Crippen molar-refractivity contribution >= 4 is 5.91 Å². The fourth-order valence-corrected chi connectivity index (χ4v) is 2.38. The van der Waals surface area contributed by atoms with Crippen molar-refractivity contribution in [3.63, 3.8) is 0 Å². The third-order valence-corrected chi connectivity index (χ3v) is 3.50. The molecule has 0 saturated carbocycles. The highest BCUT2D eigenvalue weighted by Crippen LogP contribution is 2.22. The molecule has 1 aliphatic heterocycles. The molecule has 0 radical (unpaired) electrons. The fraction of sp³-hybridized carbons (Fsp3) is 0.538. The van der Waals surface area contributed by atoms with Crippen LogP contribution in [0.4, 0.5) is 8.78 Å². The van der Waals surface area contributed by atoms with Crippen molar-refractivity contribution in [2.75, 3.05) is 13.7 Å². The normalized spacial score (nSPS) is 23.5. The van der Waals surface area contributed by atoms with Gasteiger partial charge in [0.25, 0.3) is 5.91 Å². The van der Waals surface area contributed by atoms with E-state index in [0.717, 1.165) is 6.20 Å². The Morgan fingerprint density at radius 3 is 2.89 bits per heavy atom. The zero-order valence-electron chi connectivity index (χ0n) is 10.9. The third-order valence-electron chi connectivity index (χ3n) is 3.50. The Labute approximate surface area is 110 Å². The number of aromatic nitrogens is 1. The van der Waals surface area contributed by atoms with Gasteiger partial charge in [-0.15, -0.1) is 0 Å². The average molecular weight is 270 g/mol. The molecule has 2 atom stereocenters. The van der Waals surface area contributed by atoms with Crippen LogP contribution in [0.25, 0.3) is 0 Å². The van der Waals surface area contributed by atoms with Crippen molar-refractivity contribution in [1.82, 2.24) is 9.88 Å². The highest BCUT2D eigenvalue weighted by Gasteiger charge is 2.31. The number of ether oxygens (including phenoxy) is 1. The first kappa shape index (κ1) is 13.9. The SMILES string of the molecule is COC1CCN(C(=O)c2ccnc(F)c2F)C(C)C1. The number of rotatable bonds is 2. The van der Waals surface area contributed by atoms with E-state index in [9.17, 15) is 13.6 Å². The molecule has 104 valence electrons. The zero-order chi connectivity index (χ0) is 14.0. The van der Waals surface area contributed by atoms with E-state index in [4.69, 9.17) is 4.74 Å². The molecule has 2 rings (SSSR count). The summed E-state index contributed by atoms with van der Waals surface area (Å²) in [6, 6.07) is 1.14. The van der Waals surface area contributed by atoms with Gasteiger partial charge in [0.05, 0.1) is 11.7 Å². The first-order valence-electron chi connectivity index (χ1n) is 6.18. The number of nitrogens with zero attached hydrogens (tertiary/aromatic N) is 2. The summed E-state index contributed by atoms with van der Waals surface area (Å²) in [5, 5.41) is 0. The van der Waals surface area contributed by atoms with Crippen molar-refractivity contribution in [1.29, 1.82) is 0 Å². The van der Waals surface area contributed by atoms with Crippen molar-refractivity contribution < 1.29 is 18.3 Å². The van der Waals surface area contributed by atoms with Gasteiger partial charge < -0.3 is 9.64 Å². The van der Waals surface area contributed by atoms with E-state index in [1.54, 1.807) is 12.0 Å². The number of carbonyl (C=O) groups excluding carboxylic acids is 1. The van der Waals surface area contributed by atoms with Gasteiger partial charge in [-0.3, -0.25) is 4.79 Å². The molecular formula is C13H16F2N2O2. The summed E-state index contributed by atoms with van der Waals surface area (Å²) in [6.45, 7) is 2.35. The lowest BCUT2D eigenvalue weighted by atomic mass is 9.99. The largest absolute Gasteiger partial charge is 0.381 e. The van der Waals surface area contributed by atoms with E-state index in [1.165, 1.54) is 6.07 Å². The summed E-state index contributed by atoms with van der Waals surface area (Å²) in [7, 11) is 1.63. The zero-order valence-corrected chi connectivity index (χ0v) is 10.9. The predicted molar refractivity (Wildman–Crippen MR) is 64.7 cm³/mol. The number of hydrogen-bond acceptors (Lipinski definition) is 3. The van der Waals surface area contributed by atoms with E-state index < -0.39 is 17.7 Å². The number of methoxy groups -OCH3 is 1. The fourth-order valence-electron chi connectivity index (χ4n) is 2.38. The van der Waals surface area contributed by atoms with Gasteiger partial charge in [-0.25, -0.2) is 9.37 Å². The van der Waals surface area contributed by atoms with Crippen LogP contribution in [-0.4, -0.2) is 41.6 Å². The van der Waals surface area contributed by atoms with Crippen LogP contribution in [0, 0.1) is 11.8 Å². The van der Waals surface area contributed by atoms with Crippen LogP contribution in [0.3, 0.4) is 0 Å². The second-order valence-corrected chi connectivity index (χ2v) is 4.69.